The molecule has 1 aliphatic heterocycles. The highest BCUT2D eigenvalue weighted by Gasteiger charge is 2.25. The monoisotopic (exact) mass is 265 g/mol. The highest BCUT2D eigenvalue weighted by Crippen LogP contribution is 2.12. The van der Waals surface area contributed by atoms with Crippen LogP contribution in [0, 0.1) is 5.82 Å². The fraction of sp³-hybridized carbons (Fsp3) is 0.385. The molecule has 0 saturated carbocycles. The fourth-order valence-corrected chi connectivity index (χ4v) is 1.89. The van der Waals surface area contributed by atoms with Crippen molar-refractivity contribution in [2.45, 2.75) is 0 Å². The Balaban J connectivity index is 1.96. The van der Waals surface area contributed by atoms with Crippen LogP contribution < -0.4 is 5.32 Å². The minimum atomic E-state index is -0.797. The number of nitrogens with zero attached hydrogens (tertiary/aromatic N) is 2. The highest BCUT2D eigenvalue weighted by atomic mass is 19.1. The van der Waals surface area contributed by atoms with Crippen molar-refractivity contribution in [1.82, 2.24) is 9.80 Å². The van der Waals surface area contributed by atoms with Crippen molar-refractivity contribution < 1.29 is 14.0 Å². The predicted molar refractivity (Wildman–Crippen MR) is 69.1 cm³/mol. The molecule has 1 saturated heterocycles. The summed E-state index contributed by atoms with van der Waals surface area (Å²) in [7, 11) is 1.96. The number of para-hydroxylation sites is 1. The number of hydrogen-bond donors (Lipinski definition) is 1. The van der Waals surface area contributed by atoms with Gasteiger partial charge in [0.1, 0.15) is 5.82 Å². The van der Waals surface area contributed by atoms with Crippen LogP contribution in [-0.4, -0.2) is 54.8 Å². The van der Waals surface area contributed by atoms with Crippen LogP contribution in [0.15, 0.2) is 24.3 Å². The molecule has 0 bridgehead atoms. The maximum Gasteiger partial charge on any atom is 0.313 e. The number of anilines is 1. The van der Waals surface area contributed by atoms with Gasteiger partial charge in [-0.05, 0) is 19.2 Å². The van der Waals surface area contributed by atoms with Crippen molar-refractivity contribution >= 4 is 17.5 Å². The summed E-state index contributed by atoms with van der Waals surface area (Å²) >= 11 is 0. The van der Waals surface area contributed by atoms with E-state index in [1.54, 1.807) is 6.07 Å². The average Bonchev–Trinajstić information content (AvgIpc) is 2.41. The molecule has 2 amide bonds. The molecule has 2 rings (SSSR count). The molecule has 6 heteroatoms. The second kappa shape index (κ2) is 5.79. The van der Waals surface area contributed by atoms with Gasteiger partial charge in [0.25, 0.3) is 0 Å². The Morgan fingerprint density at radius 1 is 1.16 bits per heavy atom. The van der Waals surface area contributed by atoms with Gasteiger partial charge in [0.15, 0.2) is 0 Å². The van der Waals surface area contributed by atoms with Gasteiger partial charge in [0.05, 0.1) is 5.69 Å². The number of piperazine rings is 1. The molecule has 0 aromatic heterocycles. The molecule has 0 aliphatic carbocycles. The third-order valence-corrected chi connectivity index (χ3v) is 3.11. The molecule has 1 fully saturated rings. The van der Waals surface area contributed by atoms with Crippen LogP contribution >= 0.6 is 0 Å². The smallest absolute Gasteiger partial charge is 0.313 e. The third-order valence-electron chi connectivity index (χ3n) is 3.11. The Morgan fingerprint density at radius 2 is 1.79 bits per heavy atom. The first-order valence-electron chi connectivity index (χ1n) is 6.11. The van der Waals surface area contributed by atoms with E-state index in [0.29, 0.717) is 13.1 Å². The number of likely N-dealkylation sites (N-methyl/N-ethyl adjacent to an activating group) is 1. The molecular weight excluding hydrogens is 249 g/mol. The number of nitrogens with one attached hydrogen (secondary N) is 1. The third kappa shape index (κ3) is 3.29. The van der Waals surface area contributed by atoms with Gasteiger partial charge < -0.3 is 15.1 Å². The summed E-state index contributed by atoms with van der Waals surface area (Å²) in [5, 5.41) is 2.30. The number of carbonyl (C=O) groups excluding carboxylic acids is 2. The molecule has 102 valence electrons. The van der Waals surface area contributed by atoms with E-state index in [4.69, 9.17) is 0 Å². The highest BCUT2D eigenvalue weighted by molar-refractivity contribution is 6.39. The van der Waals surface area contributed by atoms with Crippen LogP contribution in [-0.2, 0) is 9.59 Å². The normalized spacial score (nSPS) is 16.2. The lowest BCUT2D eigenvalue weighted by Gasteiger charge is -2.31. The maximum absolute atomic E-state index is 13.4. The van der Waals surface area contributed by atoms with Crippen LogP contribution in [0.25, 0.3) is 0 Å². The zero-order valence-electron chi connectivity index (χ0n) is 10.7. The van der Waals surface area contributed by atoms with Gasteiger partial charge in [-0.25, -0.2) is 4.39 Å². The van der Waals surface area contributed by atoms with Gasteiger partial charge in [0, 0.05) is 26.2 Å². The Kier molecular flexibility index (Phi) is 4.11. The molecule has 5 nitrogen and oxygen atoms in total. The molecule has 0 spiro atoms. The van der Waals surface area contributed by atoms with Crippen LogP contribution in [0.5, 0.6) is 0 Å². The number of benzene rings is 1. The summed E-state index contributed by atoms with van der Waals surface area (Å²) in [5.74, 6) is -1.96. The summed E-state index contributed by atoms with van der Waals surface area (Å²) in [6, 6.07) is 5.77. The zero-order valence-corrected chi connectivity index (χ0v) is 10.7. The second-order valence-electron chi connectivity index (χ2n) is 4.53. The first-order valence-corrected chi connectivity index (χ1v) is 6.11. The summed E-state index contributed by atoms with van der Waals surface area (Å²) in [6.45, 7) is 2.50. The quantitative estimate of drug-likeness (QED) is 0.754. The molecular formula is C13H16FN3O2. The van der Waals surface area contributed by atoms with Crippen LogP contribution in [0.3, 0.4) is 0 Å². The van der Waals surface area contributed by atoms with Gasteiger partial charge in [-0.1, -0.05) is 12.1 Å². The molecule has 0 atom stereocenters. The largest absolute Gasteiger partial charge is 0.332 e. The number of hydrogen-bond acceptors (Lipinski definition) is 3. The second-order valence-corrected chi connectivity index (χ2v) is 4.53. The van der Waals surface area contributed by atoms with Crippen molar-refractivity contribution in [3.05, 3.63) is 30.1 Å². The predicted octanol–water partition coefficient (Wildman–Crippen LogP) is 0.538. The van der Waals surface area contributed by atoms with Gasteiger partial charge >= 0.3 is 11.8 Å². The van der Waals surface area contributed by atoms with Crippen molar-refractivity contribution in [1.29, 1.82) is 0 Å². The van der Waals surface area contributed by atoms with Gasteiger partial charge in [0.2, 0.25) is 0 Å². The topological polar surface area (TPSA) is 52.7 Å². The van der Waals surface area contributed by atoms with E-state index in [1.165, 1.54) is 23.1 Å². The lowest BCUT2D eigenvalue weighted by atomic mass is 10.3. The molecule has 0 radical (unpaired) electrons. The van der Waals surface area contributed by atoms with Crippen molar-refractivity contribution in [2.24, 2.45) is 0 Å². The first-order chi connectivity index (χ1) is 9.08. The molecule has 1 N–H and O–H groups in total. The van der Waals surface area contributed by atoms with Gasteiger partial charge in [-0.2, -0.15) is 0 Å². The Bertz CT molecular complexity index is 485. The Labute approximate surface area is 111 Å². The van der Waals surface area contributed by atoms with E-state index in [1.807, 2.05) is 7.05 Å². The maximum atomic E-state index is 13.4. The molecule has 1 heterocycles. The standard InChI is InChI=1S/C13H16FN3O2/c1-16-6-8-17(9-7-16)13(19)12(18)15-11-5-3-2-4-10(11)14/h2-5H,6-9H2,1H3,(H,15,18). The molecule has 1 aromatic carbocycles. The van der Waals surface area contributed by atoms with E-state index >= 15 is 0 Å². The van der Waals surface area contributed by atoms with Crippen molar-refractivity contribution in [3.8, 4) is 0 Å². The molecule has 1 aliphatic rings. The van der Waals surface area contributed by atoms with E-state index in [2.05, 4.69) is 10.2 Å². The Hall–Kier alpha value is -1.95. The van der Waals surface area contributed by atoms with Crippen LogP contribution in [0.2, 0.25) is 0 Å². The SMILES string of the molecule is CN1CCN(C(=O)C(=O)Nc2ccccc2F)CC1. The minimum absolute atomic E-state index is 0.0231. The number of rotatable bonds is 1. The lowest BCUT2D eigenvalue weighted by Crippen LogP contribution is -2.50. The van der Waals surface area contributed by atoms with E-state index in [-0.39, 0.29) is 5.69 Å². The summed E-state index contributed by atoms with van der Waals surface area (Å²) in [5.41, 5.74) is 0.0231. The molecule has 19 heavy (non-hydrogen) atoms. The number of amides is 2. The number of halogens is 1. The average molecular weight is 265 g/mol. The van der Waals surface area contributed by atoms with Gasteiger partial charge in [-0.3, -0.25) is 9.59 Å². The van der Waals surface area contributed by atoms with E-state index in [9.17, 15) is 14.0 Å². The van der Waals surface area contributed by atoms with E-state index in [0.717, 1.165) is 13.1 Å². The van der Waals surface area contributed by atoms with Gasteiger partial charge in [-0.15, -0.1) is 0 Å². The Morgan fingerprint density at radius 3 is 2.42 bits per heavy atom. The summed E-state index contributed by atoms with van der Waals surface area (Å²) < 4.78 is 13.4. The minimum Gasteiger partial charge on any atom is -0.332 e. The van der Waals surface area contributed by atoms with Crippen molar-refractivity contribution in [2.75, 3.05) is 38.5 Å². The lowest BCUT2D eigenvalue weighted by molar-refractivity contribution is -0.144. The number of carbonyl (C=O) groups is 2. The first kappa shape index (κ1) is 13.5. The fourth-order valence-electron chi connectivity index (χ4n) is 1.89. The summed E-state index contributed by atoms with van der Waals surface area (Å²) in [4.78, 5) is 27.2. The van der Waals surface area contributed by atoms with Crippen LogP contribution in [0.4, 0.5) is 10.1 Å². The van der Waals surface area contributed by atoms with Crippen molar-refractivity contribution in [3.63, 3.8) is 0 Å². The van der Waals surface area contributed by atoms with Crippen LogP contribution in [0.1, 0.15) is 0 Å². The van der Waals surface area contributed by atoms with E-state index < -0.39 is 17.6 Å². The molecule has 0 unspecified atom stereocenters. The molecule has 1 aromatic rings. The zero-order chi connectivity index (χ0) is 13.8. The summed E-state index contributed by atoms with van der Waals surface area (Å²) in [6.07, 6.45) is 0.